The van der Waals surface area contributed by atoms with Gasteiger partial charge in [0.25, 0.3) is 5.91 Å². The number of aromatic nitrogens is 5. The Balaban J connectivity index is 1.39. The number of amides is 1. The lowest BCUT2D eigenvalue weighted by Crippen LogP contribution is -2.20. The zero-order chi connectivity index (χ0) is 23.5. The van der Waals surface area contributed by atoms with E-state index in [4.69, 9.17) is 9.47 Å². The van der Waals surface area contributed by atoms with Crippen LogP contribution in [-0.2, 0) is 16.6 Å². The average Bonchev–Trinajstić information content (AvgIpc) is 3.39. The van der Waals surface area contributed by atoms with Gasteiger partial charge in [-0.2, -0.15) is 5.10 Å². The summed E-state index contributed by atoms with van der Waals surface area (Å²) in [5.41, 5.74) is 4.16. The predicted molar refractivity (Wildman–Crippen MR) is 122 cm³/mol. The van der Waals surface area contributed by atoms with Gasteiger partial charge in [0.1, 0.15) is 0 Å². The fraction of sp³-hybridized carbons (Fsp3) is 0.261. The van der Waals surface area contributed by atoms with Gasteiger partial charge in [0.2, 0.25) is 5.88 Å². The zero-order valence-electron chi connectivity index (χ0n) is 18.8. The fourth-order valence-corrected chi connectivity index (χ4v) is 3.46. The number of nitrogens with zero attached hydrogens (tertiary/aromatic N) is 5. The van der Waals surface area contributed by atoms with Gasteiger partial charge in [-0.05, 0) is 62.7 Å². The molecule has 1 N–H and O–H groups in total. The molecule has 10 heteroatoms. The summed E-state index contributed by atoms with van der Waals surface area (Å²) in [6, 6.07) is 10.6. The molecule has 0 aliphatic carbocycles. The smallest absolute Gasteiger partial charge is 0.358 e. The lowest BCUT2D eigenvalue weighted by atomic mass is 10.2. The number of carbonyl (C=O) groups is 2. The highest BCUT2D eigenvalue weighted by Gasteiger charge is 2.16. The molecule has 10 nitrogen and oxygen atoms in total. The summed E-state index contributed by atoms with van der Waals surface area (Å²) in [5.74, 6) is -0.413. The van der Waals surface area contributed by atoms with Crippen molar-refractivity contribution in [3.63, 3.8) is 0 Å². The van der Waals surface area contributed by atoms with Crippen LogP contribution in [0.25, 0.3) is 16.7 Å². The summed E-state index contributed by atoms with van der Waals surface area (Å²) >= 11 is 0. The maximum atomic E-state index is 12.4. The van der Waals surface area contributed by atoms with Crippen LogP contribution in [0.5, 0.6) is 5.88 Å². The molecule has 0 aliphatic rings. The third-order valence-corrected chi connectivity index (χ3v) is 4.92. The normalized spacial score (nSPS) is 10.9. The molecule has 0 atom stereocenters. The molecular formula is C23H24N6O4. The third-order valence-electron chi connectivity index (χ3n) is 4.92. The number of carbonyl (C=O) groups excluding carboxylic acids is 2. The second-order valence-corrected chi connectivity index (χ2v) is 7.46. The number of esters is 1. The van der Waals surface area contributed by atoms with Crippen LogP contribution in [0.4, 0.5) is 5.69 Å². The van der Waals surface area contributed by atoms with Gasteiger partial charge in [0, 0.05) is 24.6 Å². The maximum Gasteiger partial charge on any atom is 0.358 e. The van der Waals surface area contributed by atoms with Crippen molar-refractivity contribution in [3.8, 4) is 11.6 Å². The summed E-state index contributed by atoms with van der Waals surface area (Å²) in [7, 11) is 1.79. The van der Waals surface area contributed by atoms with Crippen molar-refractivity contribution < 1.29 is 19.1 Å². The Morgan fingerprint density at radius 1 is 1.09 bits per heavy atom. The minimum absolute atomic E-state index is 0.191. The van der Waals surface area contributed by atoms with Crippen molar-refractivity contribution >= 4 is 28.6 Å². The summed E-state index contributed by atoms with van der Waals surface area (Å²) in [5, 5.41) is 12.1. The van der Waals surface area contributed by atoms with Gasteiger partial charge in [-0.1, -0.05) is 0 Å². The summed E-state index contributed by atoms with van der Waals surface area (Å²) < 4.78 is 13.8. The van der Waals surface area contributed by atoms with Gasteiger partial charge in [0.15, 0.2) is 17.9 Å². The molecule has 0 radical (unpaired) electrons. The maximum absolute atomic E-state index is 12.4. The predicted octanol–water partition coefficient (Wildman–Crippen LogP) is 2.97. The SMILES string of the molecule is CCOC(=O)c1ccn(-c2ccc(NC(=O)COc3nn(C)c4nc(C)cc(C)c34)cc2)n1. The molecule has 0 bridgehead atoms. The molecule has 1 amide bonds. The van der Waals surface area contributed by atoms with E-state index in [9.17, 15) is 9.59 Å². The molecule has 4 aromatic rings. The van der Waals surface area contributed by atoms with Crippen LogP contribution < -0.4 is 10.1 Å². The molecule has 0 spiro atoms. The Morgan fingerprint density at radius 2 is 1.85 bits per heavy atom. The molecular weight excluding hydrogens is 424 g/mol. The van der Waals surface area contributed by atoms with Crippen LogP contribution in [0.1, 0.15) is 28.7 Å². The quantitative estimate of drug-likeness (QED) is 0.433. The molecule has 4 rings (SSSR count). The van der Waals surface area contributed by atoms with E-state index in [1.807, 2.05) is 19.9 Å². The highest BCUT2D eigenvalue weighted by Crippen LogP contribution is 2.27. The van der Waals surface area contributed by atoms with E-state index in [-0.39, 0.29) is 24.8 Å². The molecule has 0 fully saturated rings. The largest absolute Gasteiger partial charge is 0.466 e. The van der Waals surface area contributed by atoms with Crippen LogP contribution in [0.3, 0.4) is 0 Å². The van der Waals surface area contributed by atoms with Crippen LogP contribution in [-0.4, -0.2) is 49.6 Å². The molecule has 3 aromatic heterocycles. The average molecular weight is 448 g/mol. The topological polar surface area (TPSA) is 113 Å². The van der Waals surface area contributed by atoms with E-state index in [2.05, 4.69) is 20.5 Å². The van der Waals surface area contributed by atoms with Crippen LogP contribution >= 0.6 is 0 Å². The van der Waals surface area contributed by atoms with Gasteiger partial charge >= 0.3 is 5.97 Å². The number of hydrogen-bond donors (Lipinski definition) is 1. The number of nitrogens with one attached hydrogen (secondary N) is 1. The van der Waals surface area contributed by atoms with Crippen molar-refractivity contribution in [1.82, 2.24) is 24.5 Å². The molecule has 3 heterocycles. The Morgan fingerprint density at radius 3 is 2.58 bits per heavy atom. The lowest BCUT2D eigenvalue weighted by Gasteiger charge is -2.08. The molecule has 0 saturated heterocycles. The summed E-state index contributed by atoms with van der Waals surface area (Å²) in [4.78, 5) is 28.7. The molecule has 1 aromatic carbocycles. The number of pyridine rings is 1. The van der Waals surface area contributed by atoms with Crippen molar-refractivity contribution in [3.05, 3.63) is 59.5 Å². The lowest BCUT2D eigenvalue weighted by molar-refractivity contribution is -0.118. The Kier molecular flexibility index (Phi) is 6.07. The van der Waals surface area contributed by atoms with Crippen molar-refractivity contribution in [2.45, 2.75) is 20.8 Å². The van der Waals surface area contributed by atoms with Gasteiger partial charge < -0.3 is 14.8 Å². The number of rotatable bonds is 7. The van der Waals surface area contributed by atoms with Crippen molar-refractivity contribution in [2.75, 3.05) is 18.5 Å². The first-order chi connectivity index (χ1) is 15.9. The number of hydrogen-bond acceptors (Lipinski definition) is 7. The second-order valence-electron chi connectivity index (χ2n) is 7.46. The molecule has 33 heavy (non-hydrogen) atoms. The Bertz CT molecular complexity index is 1320. The highest BCUT2D eigenvalue weighted by molar-refractivity contribution is 5.92. The van der Waals surface area contributed by atoms with E-state index in [0.29, 0.717) is 17.2 Å². The van der Waals surface area contributed by atoms with Gasteiger partial charge in [-0.15, -0.1) is 5.10 Å². The molecule has 0 unspecified atom stereocenters. The Hall–Kier alpha value is -4.21. The third kappa shape index (κ3) is 4.69. The minimum atomic E-state index is -0.470. The van der Waals surface area contributed by atoms with Gasteiger partial charge in [-0.3, -0.25) is 4.79 Å². The van der Waals surface area contributed by atoms with Crippen molar-refractivity contribution in [2.24, 2.45) is 7.05 Å². The van der Waals surface area contributed by atoms with E-state index >= 15 is 0 Å². The number of fused-ring (bicyclic) bond motifs is 1. The van der Waals surface area contributed by atoms with Crippen LogP contribution in [0.2, 0.25) is 0 Å². The van der Waals surface area contributed by atoms with E-state index in [1.165, 1.54) is 0 Å². The van der Waals surface area contributed by atoms with Gasteiger partial charge in [-0.25, -0.2) is 19.1 Å². The number of ether oxygens (including phenoxy) is 2. The molecule has 0 aliphatic heterocycles. The number of aryl methyl sites for hydroxylation is 3. The Labute approximate surface area is 190 Å². The number of benzene rings is 1. The van der Waals surface area contributed by atoms with E-state index in [1.54, 1.807) is 59.9 Å². The molecule has 0 saturated carbocycles. The summed E-state index contributed by atoms with van der Waals surface area (Å²) in [6.07, 6.45) is 1.67. The second kappa shape index (κ2) is 9.11. The first-order valence-electron chi connectivity index (χ1n) is 10.4. The fourth-order valence-electron chi connectivity index (χ4n) is 3.46. The minimum Gasteiger partial charge on any atom is -0.466 e. The summed E-state index contributed by atoms with van der Waals surface area (Å²) in [6.45, 7) is 5.72. The van der Waals surface area contributed by atoms with Crippen molar-refractivity contribution in [1.29, 1.82) is 0 Å². The first-order valence-corrected chi connectivity index (χ1v) is 10.4. The number of anilines is 1. The first kappa shape index (κ1) is 22.0. The molecule has 170 valence electrons. The highest BCUT2D eigenvalue weighted by atomic mass is 16.5. The van der Waals surface area contributed by atoms with Gasteiger partial charge in [0.05, 0.1) is 17.7 Å². The standard InChI is InChI=1S/C23H24N6O4/c1-5-32-23(31)18-10-11-29(26-18)17-8-6-16(7-9-17)25-19(30)13-33-22-20-14(2)12-15(3)24-21(20)28(4)27-22/h6-12H,5,13H2,1-4H3,(H,25,30). The van der Waals surface area contributed by atoms with Crippen LogP contribution in [0, 0.1) is 13.8 Å². The van der Waals surface area contributed by atoms with E-state index < -0.39 is 5.97 Å². The zero-order valence-corrected chi connectivity index (χ0v) is 18.8. The monoisotopic (exact) mass is 448 g/mol. The van der Waals surface area contributed by atoms with Crippen LogP contribution in [0.15, 0.2) is 42.6 Å². The van der Waals surface area contributed by atoms with E-state index in [0.717, 1.165) is 22.3 Å².